The number of anilines is 1. The fourth-order valence-corrected chi connectivity index (χ4v) is 3.41. The zero-order valence-corrected chi connectivity index (χ0v) is 14.9. The van der Waals surface area contributed by atoms with Gasteiger partial charge < -0.3 is 10.1 Å². The molecule has 2 aromatic heterocycles. The molecule has 2 aliphatic rings. The molecule has 1 saturated carbocycles. The van der Waals surface area contributed by atoms with Crippen molar-refractivity contribution in [1.29, 1.82) is 0 Å². The third-order valence-corrected chi connectivity index (χ3v) is 4.95. The minimum atomic E-state index is 0.0521. The monoisotopic (exact) mass is 360 g/mol. The van der Waals surface area contributed by atoms with Gasteiger partial charge in [-0.3, -0.25) is 4.79 Å². The van der Waals surface area contributed by atoms with Crippen molar-refractivity contribution in [1.82, 2.24) is 14.8 Å². The summed E-state index contributed by atoms with van der Waals surface area (Å²) in [5.74, 6) is 1.55. The lowest BCUT2D eigenvalue weighted by molar-refractivity contribution is -0.117. The SMILES string of the molecule is O=C(Nc1cc(-c2c(-c3ccccc3)nn3c2OCCC3)ccn1)C1CC1. The van der Waals surface area contributed by atoms with Crippen LogP contribution in [0.25, 0.3) is 22.4 Å². The van der Waals surface area contributed by atoms with Crippen molar-refractivity contribution in [2.45, 2.75) is 25.8 Å². The zero-order chi connectivity index (χ0) is 18.2. The second-order valence-electron chi connectivity index (χ2n) is 7.01. The van der Waals surface area contributed by atoms with Gasteiger partial charge in [0.25, 0.3) is 0 Å². The minimum Gasteiger partial charge on any atom is -0.477 e. The summed E-state index contributed by atoms with van der Waals surface area (Å²) in [5.41, 5.74) is 3.82. The Morgan fingerprint density at radius 3 is 2.81 bits per heavy atom. The van der Waals surface area contributed by atoms with Crippen LogP contribution in [-0.4, -0.2) is 27.3 Å². The Bertz CT molecular complexity index is 993. The van der Waals surface area contributed by atoms with E-state index in [1.165, 1.54) is 0 Å². The largest absolute Gasteiger partial charge is 0.477 e. The van der Waals surface area contributed by atoms with Crippen LogP contribution in [-0.2, 0) is 11.3 Å². The normalized spacial score (nSPS) is 15.7. The number of aryl methyl sites for hydroxylation is 1. The highest BCUT2D eigenvalue weighted by molar-refractivity contribution is 5.94. The van der Waals surface area contributed by atoms with Gasteiger partial charge in [-0.25, -0.2) is 9.67 Å². The number of nitrogens with one attached hydrogen (secondary N) is 1. The maximum absolute atomic E-state index is 12.1. The van der Waals surface area contributed by atoms with Crippen LogP contribution in [0.15, 0.2) is 48.7 Å². The number of amides is 1. The summed E-state index contributed by atoms with van der Waals surface area (Å²) < 4.78 is 7.91. The molecule has 0 unspecified atom stereocenters. The number of hydrogen-bond donors (Lipinski definition) is 1. The van der Waals surface area contributed by atoms with Crippen LogP contribution in [0.2, 0.25) is 0 Å². The molecule has 0 radical (unpaired) electrons. The number of nitrogens with zero attached hydrogens (tertiary/aromatic N) is 3. The molecule has 0 bridgehead atoms. The van der Waals surface area contributed by atoms with Crippen LogP contribution >= 0.6 is 0 Å². The number of rotatable bonds is 4. The van der Waals surface area contributed by atoms with Gasteiger partial charge >= 0.3 is 0 Å². The number of ether oxygens (including phenoxy) is 1. The first-order valence-electron chi connectivity index (χ1n) is 9.36. The van der Waals surface area contributed by atoms with Gasteiger partial charge in [0.1, 0.15) is 11.5 Å². The van der Waals surface area contributed by atoms with E-state index in [9.17, 15) is 4.79 Å². The predicted octanol–water partition coefficient (Wildman–Crippen LogP) is 3.74. The highest BCUT2D eigenvalue weighted by atomic mass is 16.5. The predicted molar refractivity (Wildman–Crippen MR) is 102 cm³/mol. The molecule has 1 aliphatic carbocycles. The van der Waals surface area contributed by atoms with Crippen LogP contribution in [0.5, 0.6) is 5.88 Å². The third-order valence-electron chi connectivity index (χ3n) is 4.95. The van der Waals surface area contributed by atoms with E-state index in [0.717, 1.165) is 54.1 Å². The van der Waals surface area contributed by atoms with Crippen molar-refractivity contribution in [3.63, 3.8) is 0 Å². The summed E-state index contributed by atoms with van der Waals surface area (Å²) in [6.45, 7) is 1.52. The molecule has 3 aromatic rings. The highest BCUT2D eigenvalue weighted by Gasteiger charge is 2.30. The fourth-order valence-electron chi connectivity index (χ4n) is 3.41. The first kappa shape index (κ1) is 16.1. The molecule has 136 valence electrons. The number of aromatic nitrogens is 3. The number of carbonyl (C=O) groups is 1. The maximum Gasteiger partial charge on any atom is 0.228 e. The topological polar surface area (TPSA) is 69.0 Å². The Labute approximate surface area is 157 Å². The van der Waals surface area contributed by atoms with Crippen LogP contribution in [0.1, 0.15) is 19.3 Å². The van der Waals surface area contributed by atoms with E-state index in [4.69, 9.17) is 9.84 Å². The number of fused-ring (bicyclic) bond motifs is 1. The molecule has 1 aromatic carbocycles. The fraction of sp³-hybridized carbons (Fsp3) is 0.286. The number of benzene rings is 1. The molecule has 5 rings (SSSR count). The second-order valence-corrected chi connectivity index (χ2v) is 7.01. The first-order valence-corrected chi connectivity index (χ1v) is 9.36. The van der Waals surface area contributed by atoms with Gasteiger partial charge in [-0.05, 0) is 30.5 Å². The number of pyridine rings is 1. The lowest BCUT2D eigenvalue weighted by Gasteiger charge is -2.16. The van der Waals surface area contributed by atoms with Crippen molar-refractivity contribution in [3.8, 4) is 28.3 Å². The lowest BCUT2D eigenvalue weighted by atomic mass is 10.0. The Hall–Kier alpha value is -3.15. The van der Waals surface area contributed by atoms with Crippen LogP contribution < -0.4 is 10.1 Å². The average Bonchev–Trinajstić information content (AvgIpc) is 3.49. The highest BCUT2D eigenvalue weighted by Crippen LogP contribution is 2.41. The van der Waals surface area contributed by atoms with Crippen LogP contribution in [0, 0.1) is 5.92 Å². The van der Waals surface area contributed by atoms with Crippen molar-refractivity contribution < 1.29 is 9.53 Å². The van der Waals surface area contributed by atoms with E-state index in [1.54, 1.807) is 6.20 Å². The minimum absolute atomic E-state index is 0.0521. The molecule has 0 spiro atoms. The summed E-state index contributed by atoms with van der Waals surface area (Å²) in [7, 11) is 0. The average molecular weight is 360 g/mol. The van der Waals surface area contributed by atoms with E-state index >= 15 is 0 Å². The van der Waals surface area contributed by atoms with Crippen molar-refractivity contribution in [2.24, 2.45) is 5.92 Å². The molecule has 1 amide bonds. The molecule has 6 heteroatoms. The quantitative estimate of drug-likeness (QED) is 0.769. The van der Waals surface area contributed by atoms with Crippen molar-refractivity contribution in [2.75, 3.05) is 11.9 Å². The second kappa shape index (κ2) is 6.54. The molecule has 0 saturated heterocycles. The van der Waals surface area contributed by atoms with Gasteiger partial charge in [0.15, 0.2) is 0 Å². The van der Waals surface area contributed by atoms with E-state index in [2.05, 4.69) is 22.4 Å². The Kier molecular flexibility index (Phi) is 3.89. The van der Waals surface area contributed by atoms with Gasteiger partial charge in [-0.1, -0.05) is 30.3 Å². The molecule has 1 aliphatic heterocycles. The first-order chi connectivity index (χ1) is 13.3. The molecule has 1 fully saturated rings. The van der Waals surface area contributed by atoms with E-state index in [1.807, 2.05) is 35.0 Å². The van der Waals surface area contributed by atoms with E-state index < -0.39 is 0 Å². The van der Waals surface area contributed by atoms with E-state index in [-0.39, 0.29) is 11.8 Å². The standard InChI is InChI=1S/C21H20N4O2/c26-20(15-7-8-15)23-17-13-16(9-10-22-17)18-19(14-5-2-1-3-6-14)24-25-11-4-12-27-21(18)25/h1-3,5-6,9-10,13,15H,4,7-8,11-12H2,(H,22,23,26). The maximum atomic E-state index is 12.1. The third kappa shape index (κ3) is 3.07. The Morgan fingerprint density at radius 1 is 1.15 bits per heavy atom. The van der Waals surface area contributed by atoms with Crippen LogP contribution in [0.4, 0.5) is 5.82 Å². The summed E-state index contributed by atoms with van der Waals surface area (Å²) >= 11 is 0. The molecular formula is C21H20N4O2. The molecule has 1 N–H and O–H groups in total. The summed E-state index contributed by atoms with van der Waals surface area (Å²) in [4.78, 5) is 16.4. The molecule has 6 nitrogen and oxygen atoms in total. The molecule has 27 heavy (non-hydrogen) atoms. The lowest BCUT2D eigenvalue weighted by Crippen LogP contribution is -2.15. The number of carbonyl (C=O) groups excluding carboxylic acids is 1. The molecule has 3 heterocycles. The Balaban J connectivity index is 1.59. The molecule has 0 atom stereocenters. The van der Waals surface area contributed by atoms with Gasteiger partial charge in [0.05, 0.1) is 12.2 Å². The number of hydrogen-bond acceptors (Lipinski definition) is 4. The Morgan fingerprint density at radius 2 is 2.00 bits per heavy atom. The van der Waals surface area contributed by atoms with Gasteiger partial charge in [-0.2, -0.15) is 5.10 Å². The summed E-state index contributed by atoms with van der Waals surface area (Å²) in [6, 6.07) is 14.0. The summed E-state index contributed by atoms with van der Waals surface area (Å²) in [6.07, 6.45) is 4.60. The van der Waals surface area contributed by atoms with Crippen LogP contribution in [0.3, 0.4) is 0 Å². The van der Waals surface area contributed by atoms with Gasteiger partial charge in [0, 0.05) is 30.6 Å². The van der Waals surface area contributed by atoms with Crippen molar-refractivity contribution in [3.05, 3.63) is 48.7 Å². The smallest absolute Gasteiger partial charge is 0.228 e. The van der Waals surface area contributed by atoms with Gasteiger partial charge in [-0.15, -0.1) is 0 Å². The summed E-state index contributed by atoms with van der Waals surface area (Å²) in [5, 5.41) is 7.74. The zero-order valence-electron chi connectivity index (χ0n) is 14.9. The van der Waals surface area contributed by atoms with Crippen molar-refractivity contribution >= 4 is 11.7 Å². The van der Waals surface area contributed by atoms with E-state index in [0.29, 0.717) is 12.4 Å². The van der Waals surface area contributed by atoms with Gasteiger partial charge in [0.2, 0.25) is 11.8 Å². The molecular weight excluding hydrogens is 340 g/mol.